The predicted molar refractivity (Wildman–Crippen MR) is 71.4 cm³/mol. The number of carbonyl (C=O) groups is 2. The Labute approximate surface area is 121 Å². The number of rotatable bonds is 4. The Kier molecular flexibility index (Phi) is 4.14. The molecule has 2 N–H and O–H groups in total. The normalized spacial score (nSPS) is 21.6. The van der Waals surface area contributed by atoms with E-state index in [0.717, 1.165) is 5.56 Å². The minimum absolute atomic E-state index is 0.0317. The van der Waals surface area contributed by atoms with Crippen molar-refractivity contribution in [3.8, 4) is 0 Å². The van der Waals surface area contributed by atoms with Crippen molar-refractivity contribution in [3.05, 3.63) is 35.9 Å². The third kappa shape index (κ3) is 3.31. The lowest BCUT2D eigenvalue weighted by molar-refractivity contribution is -0.141. The first-order valence-corrected chi connectivity index (χ1v) is 7.48. The summed E-state index contributed by atoms with van der Waals surface area (Å²) in [5, 5.41) is 2.26. The molecule has 0 bridgehead atoms. The first kappa shape index (κ1) is 15.3. The van der Waals surface area contributed by atoms with Crippen LogP contribution in [0.3, 0.4) is 0 Å². The molecular formula is C12H14N2O6S. The molecule has 2 atom stereocenters. The van der Waals surface area contributed by atoms with E-state index in [4.69, 9.17) is 9.29 Å². The van der Waals surface area contributed by atoms with Crippen molar-refractivity contribution in [3.63, 3.8) is 0 Å². The van der Waals surface area contributed by atoms with Crippen LogP contribution in [0.4, 0.5) is 4.79 Å². The van der Waals surface area contributed by atoms with Gasteiger partial charge in [0.25, 0.3) is 5.91 Å². The van der Waals surface area contributed by atoms with Gasteiger partial charge in [-0.1, -0.05) is 30.3 Å². The number of benzene rings is 1. The van der Waals surface area contributed by atoms with Crippen molar-refractivity contribution in [1.82, 2.24) is 9.62 Å². The van der Waals surface area contributed by atoms with Gasteiger partial charge in [-0.25, -0.2) is 9.10 Å². The Balaban J connectivity index is 1.86. The number of nitrogens with zero attached hydrogens (tertiary/aromatic N) is 1. The summed E-state index contributed by atoms with van der Waals surface area (Å²) in [6, 6.07) is 7.04. The molecule has 1 heterocycles. The second-order valence-corrected chi connectivity index (χ2v) is 5.83. The SMILES string of the molecule is C[C@H]1[C@H](NC(=O)OCc2ccccc2)C(=O)N1S(=O)(=O)O. The van der Waals surface area contributed by atoms with Crippen molar-refractivity contribution in [1.29, 1.82) is 0 Å². The first-order chi connectivity index (χ1) is 9.80. The van der Waals surface area contributed by atoms with Gasteiger partial charge in [0, 0.05) is 0 Å². The monoisotopic (exact) mass is 314 g/mol. The molecule has 0 aromatic heterocycles. The van der Waals surface area contributed by atoms with Gasteiger partial charge in [0.15, 0.2) is 0 Å². The summed E-state index contributed by atoms with van der Waals surface area (Å²) in [7, 11) is -4.60. The van der Waals surface area contributed by atoms with E-state index in [-0.39, 0.29) is 6.61 Å². The molecule has 114 valence electrons. The predicted octanol–water partition coefficient (Wildman–Crippen LogP) is 0.315. The van der Waals surface area contributed by atoms with Crippen molar-refractivity contribution >= 4 is 22.3 Å². The topological polar surface area (TPSA) is 113 Å². The van der Waals surface area contributed by atoms with Gasteiger partial charge in [0.05, 0.1) is 6.04 Å². The molecule has 0 unspecified atom stereocenters. The second kappa shape index (κ2) is 5.70. The minimum Gasteiger partial charge on any atom is -0.445 e. The summed E-state index contributed by atoms with van der Waals surface area (Å²) in [4.78, 5) is 23.1. The van der Waals surface area contributed by atoms with Crippen LogP contribution < -0.4 is 5.32 Å². The van der Waals surface area contributed by atoms with Crippen LogP contribution in [0.5, 0.6) is 0 Å². The van der Waals surface area contributed by atoms with Gasteiger partial charge in [0.2, 0.25) is 0 Å². The molecule has 0 spiro atoms. The molecule has 1 saturated heterocycles. The summed E-state index contributed by atoms with van der Waals surface area (Å²) in [6.07, 6.45) is -0.834. The van der Waals surface area contributed by atoms with Gasteiger partial charge in [-0.3, -0.25) is 9.35 Å². The molecule has 21 heavy (non-hydrogen) atoms. The van der Waals surface area contributed by atoms with Crippen LogP contribution in [0.2, 0.25) is 0 Å². The molecule has 0 aliphatic carbocycles. The molecule has 0 saturated carbocycles. The highest BCUT2D eigenvalue weighted by molar-refractivity contribution is 7.84. The lowest BCUT2D eigenvalue weighted by Gasteiger charge is -2.41. The molecule has 1 aliphatic rings. The Hall–Kier alpha value is -2.13. The van der Waals surface area contributed by atoms with Gasteiger partial charge >= 0.3 is 16.4 Å². The van der Waals surface area contributed by atoms with Crippen LogP contribution >= 0.6 is 0 Å². The highest BCUT2D eigenvalue weighted by Gasteiger charge is 2.51. The van der Waals surface area contributed by atoms with Crippen LogP contribution in [-0.2, 0) is 26.4 Å². The number of nitrogens with one attached hydrogen (secondary N) is 1. The molecule has 9 heteroatoms. The van der Waals surface area contributed by atoms with E-state index in [9.17, 15) is 18.0 Å². The fraction of sp³-hybridized carbons (Fsp3) is 0.333. The first-order valence-electron chi connectivity index (χ1n) is 6.08. The van der Waals surface area contributed by atoms with Crippen LogP contribution in [0.1, 0.15) is 12.5 Å². The largest absolute Gasteiger partial charge is 0.445 e. The van der Waals surface area contributed by atoms with Crippen molar-refractivity contribution < 1.29 is 27.3 Å². The van der Waals surface area contributed by atoms with E-state index in [0.29, 0.717) is 4.31 Å². The fourth-order valence-electron chi connectivity index (χ4n) is 2.00. The van der Waals surface area contributed by atoms with Crippen LogP contribution in [0, 0.1) is 0 Å². The molecule has 2 amide bonds. The lowest BCUT2D eigenvalue weighted by Crippen LogP contribution is -2.70. The Bertz CT molecular complexity index is 645. The molecule has 0 radical (unpaired) electrons. The van der Waals surface area contributed by atoms with E-state index in [1.54, 1.807) is 24.3 Å². The summed E-state index contributed by atoms with van der Waals surface area (Å²) in [5.41, 5.74) is 0.778. The summed E-state index contributed by atoms with van der Waals surface area (Å²) < 4.78 is 35.8. The highest BCUT2D eigenvalue weighted by Crippen LogP contribution is 2.22. The van der Waals surface area contributed by atoms with Gasteiger partial charge in [-0.15, -0.1) is 0 Å². The Morgan fingerprint density at radius 3 is 2.52 bits per heavy atom. The third-order valence-corrected chi connectivity index (χ3v) is 4.08. The minimum atomic E-state index is -4.60. The maximum atomic E-state index is 11.6. The maximum absolute atomic E-state index is 11.6. The van der Waals surface area contributed by atoms with Gasteiger partial charge in [-0.2, -0.15) is 8.42 Å². The molecule has 1 aromatic carbocycles. The number of hydrogen-bond acceptors (Lipinski definition) is 5. The molecule has 2 rings (SSSR count). The lowest BCUT2D eigenvalue weighted by atomic mass is 10.0. The zero-order valence-corrected chi connectivity index (χ0v) is 11.9. The zero-order chi connectivity index (χ0) is 15.6. The molecule has 1 aromatic rings. The summed E-state index contributed by atoms with van der Waals surface area (Å²) >= 11 is 0. The number of carbonyl (C=O) groups excluding carboxylic acids is 2. The van der Waals surface area contributed by atoms with E-state index in [1.165, 1.54) is 6.92 Å². The molecule has 1 aliphatic heterocycles. The summed E-state index contributed by atoms with van der Waals surface area (Å²) in [5.74, 6) is -0.901. The van der Waals surface area contributed by atoms with Crippen molar-refractivity contribution in [2.24, 2.45) is 0 Å². The van der Waals surface area contributed by atoms with Crippen LogP contribution in [0.15, 0.2) is 30.3 Å². The number of amides is 2. The third-order valence-electron chi connectivity index (χ3n) is 3.07. The van der Waals surface area contributed by atoms with E-state index in [2.05, 4.69) is 5.32 Å². The zero-order valence-electron chi connectivity index (χ0n) is 11.1. The van der Waals surface area contributed by atoms with E-state index < -0.39 is 34.4 Å². The number of β-lactam (4-membered cyclic amide) rings is 1. The van der Waals surface area contributed by atoms with E-state index >= 15 is 0 Å². The second-order valence-electron chi connectivity index (χ2n) is 4.54. The van der Waals surface area contributed by atoms with Gasteiger partial charge in [-0.05, 0) is 12.5 Å². The Morgan fingerprint density at radius 1 is 1.38 bits per heavy atom. The quantitative estimate of drug-likeness (QED) is 0.611. The van der Waals surface area contributed by atoms with Crippen LogP contribution in [0.25, 0.3) is 0 Å². The summed E-state index contributed by atoms with van der Waals surface area (Å²) in [6.45, 7) is 1.42. The van der Waals surface area contributed by atoms with Gasteiger partial charge < -0.3 is 10.1 Å². The molecular weight excluding hydrogens is 300 g/mol. The van der Waals surface area contributed by atoms with Crippen molar-refractivity contribution in [2.75, 3.05) is 0 Å². The molecule has 1 fully saturated rings. The number of ether oxygens (including phenoxy) is 1. The Morgan fingerprint density at radius 2 is 2.00 bits per heavy atom. The fourth-order valence-corrected chi connectivity index (χ4v) is 2.88. The van der Waals surface area contributed by atoms with Gasteiger partial charge in [0.1, 0.15) is 12.6 Å². The standard InChI is InChI=1S/C12H14N2O6S/c1-8-10(11(15)14(8)21(17,18)19)13-12(16)20-7-9-5-3-2-4-6-9/h2-6,8,10H,7H2,1H3,(H,13,16)(H,17,18,19)/t8-,10-/m0/s1. The van der Waals surface area contributed by atoms with Crippen LogP contribution in [-0.4, -0.2) is 41.4 Å². The highest BCUT2D eigenvalue weighted by atomic mass is 32.2. The maximum Gasteiger partial charge on any atom is 0.408 e. The van der Waals surface area contributed by atoms with Crippen molar-refractivity contribution in [2.45, 2.75) is 25.6 Å². The molecule has 8 nitrogen and oxygen atoms in total. The van der Waals surface area contributed by atoms with E-state index in [1.807, 2.05) is 6.07 Å². The average molecular weight is 314 g/mol. The number of hydrogen-bond donors (Lipinski definition) is 2. The number of alkyl carbamates (subject to hydrolysis) is 1. The average Bonchev–Trinajstić information content (AvgIpc) is 2.42. The smallest absolute Gasteiger partial charge is 0.408 e.